The highest BCUT2D eigenvalue weighted by molar-refractivity contribution is 5.97. The minimum absolute atomic E-state index is 0.440. The summed E-state index contributed by atoms with van der Waals surface area (Å²) < 4.78 is 0. The van der Waals surface area contributed by atoms with Gasteiger partial charge in [-0.3, -0.25) is 4.79 Å². The third-order valence-corrected chi connectivity index (χ3v) is 2.94. The van der Waals surface area contributed by atoms with E-state index in [1.165, 1.54) is 5.57 Å². The molecule has 0 aromatic carbocycles. The molecule has 0 aliphatic carbocycles. The lowest BCUT2D eigenvalue weighted by atomic mass is 10.1. The van der Waals surface area contributed by atoms with Crippen LogP contribution in [0.25, 0.3) is 0 Å². The molecule has 5 nitrogen and oxygen atoms in total. The molecule has 0 fully saturated rings. The number of amides is 1. The van der Waals surface area contributed by atoms with Gasteiger partial charge in [-0.1, -0.05) is 11.6 Å². The largest absolute Gasteiger partial charge is 0.366 e. The minimum Gasteiger partial charge on any atom is -0.366 e. The average molecular weight is 246 g/mol. The number of hydrogen-bond acceptors (Lipinski definition) is 4. The van der Waals surface area contributed by atoms with Crippen molar-refractivity contribution in [1.29, 1.82) is 0 Å². The molecule has 0 bridgehead atoms. The van der Waals surface area contributed by atoms with Crippen LogP contribution >= 0.6 is 0 Å². The molecule has 1 aliphatic heterocycles. The van der Waals surface area contributed by atoms with Gasteiger partial charge >= 0.3 is 0 Å². The van der Waals surface area contributed by atoms with Gasteiger partial charge in [0.1, 0.15) is 5.82 Å². The van der Waals surface area contributed by atoms with Gasteiger partial charge in [0.15, 0.2) is 0 Å². The van der Waals surface area contributed by atoms with Gasteiger partial charge in [0.25, 0.3) is 5.91 Å². The molecule has 0 saturated heterocycles. The number of nitrogens with one attached hydrogen (secondary N) is 2. The van der Waals surface area contributed by atoms with Crippen LogP contribution in [-0.4, -0.2) is 30.5 Å². The molecule has 5 heteroatoms. The number of nitrogens with zero attached hydrogens (tertiary/aromatic N) is 1. The Morgan fingerprint density at radius 3 is 3.06 bits per heavy atom. The highest BCUT2D eigenvalue weighted by atomic mass is 16.1. The van der Waals surface area contributed by atoms with Crippen molar-refractivity contribution in [1.82, 2.24) is 10.3 Å². The van der Waals surface area contributed by atoms with Crippen LogP contribution in [0.3, 0.4) is 0 Å². The van der Waals surface area contributed by atoms with E-state index in [9.17, 15) is 4.79 Å². The second kappa shape index (κ2) is 5.64. The maximum absolute atomic E-state index is 11.3. The summed E-state index contributed by atoms with van der Waals surface area (Å²) in [4.78, 5) is 15.6. The summed E-state index contributed by atoms with van der Waals surface area (Å²) >= 11 is 0. The van der Waals surface area contributed by atoms with Crippen molar-refractivity contribution in [2.75, 3.05) is 25.0 Å². The number of nitrogens with two attached hydrogens (primary N) is 1. The van der Waals surface area contributed by atoms with E-state index in [4.69, 9.17) is 5.73 Å². The van der Waals surface area contributed by atoms with Gasteiger partial charge in [-0.15, -0.1) is 0 Å². The van der Waals surface area contributed by atoms with E-state index in [1.807, 2.05) is 6.92 Å². The molecular formula is C13H18N4O. The Balaban J connectivity index is 2.10. The van der Waals surface area contributed by atoms with E-state index in [0.717, 1.165) is 25.2 Å². The molecule has 0 saturated carbocycles. The second-order valence-electron chi connectivity index (χ2n) is 4.38. The average Bonchev–Trinajstić information content (AvgIpc) is 2.37. The Morgan fingerprint density at radius 1 is 1.56 bits per heavy atom. The quantitative estimate of drug-likeness (QED) is 0.687. The Labute approximate surface area is 106 Å². The fourth-order valence-corrected chi connectivity index (χ4v) is 1.92. The summed E-state index contributed by atoms with van der Waals surface area (Å²) in [5.41, 5.74) is 7.96. The van der Waals surface area contributed by atoms with Gasteiger partial charge < -0.3 is 16.4 Å². The Morgan fingerprint density at radius 2 is 2.39 bits per heavy atom. The molecule has 0 radical (unpaired) electrons. The first-order chi connectivity index (χ1) is 8.66. The monoisotopic (exact) mass is 246 g/mol. The van der Waals surface area contributed by atoms with E-state index in [-0.39, 0.29) is 0 Å². The fourth-order valence-electron chi connectivity index (χ4n) is 1.92. The SMILES string of the molecule is Cc1ccc(C(N)=O)c(NCC2=CCNCC2)n1. The molecule has 0 atom stereocenters. The topological polar surface area (TPSA) is 80.0 Å². The van der Waals surface area contributed by atoms with Crippen molar-refractivity contribution in [2.24, 2.45) is 5.73 Å². The molecule has 1 aromatic rings. The Kier molecular flexibility index (Phi) is 3.94. The van der Waals surface area contributed by atoms with Crippen molar-refractivity contribution >= 4 is 11.7 Å². The van der Waals surface area contributed by atoms with E-state index >= 15 is 0 Å². The number of carbonyl (C=O) groups is 1. The molecule has 0 spiro atoms. The third-order valence-electron chi connectivity index (χ3n) is 2.94. The number of anilines is 1. The fraction of sp³-hybridized carbons (Fsp3) is 0.385. The third kappa shape index (κ3) is 3.07. The zero-order chi connectivity index (χ0) is 13.0. The Hall–Kier alpha value is -1.88. The molecule has 4 N–H and O–H groups in total. The molecule has 2 rings (SSSR count). The van der Waals surface area contributed by atoms with Gasteiger partial charge in [-0.25, -0.2) is 4.98 Å². The summed E-state index contributed by atoms with van der Waals surface area (Å²) in [6.45, 7) is 4.50. The van der Waals surface area contributed by atoms with Crippen LogP contribution in [0.5, 0.6) is 0 Å². The maximum Gasteiger partial charge on any atom is 0.252 e. The summed E-state index contributed by atoms with van der Waals surface area (Å²) in [6.07, 6.45) is 3.18. The first-order valence-corrected chi connectivity index (χ1v) is 6.07. The van der Waals surface area contributed by atoms with Crippen LogP contribution in [-0.2, 0) is 0 Å². The number of hydrogen-bond donors (Lipinski definition) is 3. The normalized spacial score (nSPS) is 15.1. The van der Waals surface area contributed by atoms with Crippen molar-refractivity contribution < 1.29 is 4.79 Å². The number of primary amides is 1. The molecule has 96 valence electrons. The smallest absolute Gasteiger partial charge is 0.252 e. The Bertz CT molecular complexity index is 482. The highest BCUT2D eigenvalue weighted by Crippen LogP contribution is 2.14. The summed E-state index contributed by atoms with van der Waals surface area (Å²) in [6, 6.07) is 3.50. The lowest BCUT2D eigenvalue weighted by molar-refractivity contribution is 0.100. The molecule has 2 heterocycles. The van der Waals surface area contributed by atoms with Crippen LogP contribution in [0.4, 0.5) is 5.82 Å². The predicted octanol–water partition coefficient (Wildman–Crippen LogP) is 0.821. The number of aromatic nitrogens is 1. The summed E-state index contributed by atoms with van der Waals surface area (Å²) in [5, 5.41) is 6.45. The van der Waals surface area contributed by atoms with Crippen LogP contribution in [0.15, 0.2) is 23.8 Å². The maximum atomic E-state index is 11.3. The van der Waals surface area contributed by atoms with E-state index in [1.54, 1.807) is 12.1 Å². The summed E-state index contributed by atoms with van der Waals surface area (Å²) in [7, 11) is 0. The van der Waals surface area contributed by atoms with Crippen LogP contribution in [0.2, 0.25) is 0 Å². The van der Waals surface area contributed by atoms with Gasteiger partial charge in [0.2, 0.25) is 0 Å². The van der Waals surface area contributed by atoms with E-state index in [2.05, 4.69) is 21.7 Å². The highest BCUT2D eigenvalue weighted by Gasteiger charge is 2.10. The molecule has 18 heavy (non-hydrogen) atoms. The van der Waals surface area contributed by atoms with Gasteiger partial charge in [-0.05, 0) is 32.0 Å². The predicted molar refractivity (Wildman–Crippen MR) is 71.6 cm³/mol. The first-order valence-electron chi connectivity index (χ1n) is 6.07. The molecule has 1 aromatic heterocycles. The van der Waals surface area contributed by atoms with E-state index < -0.39 is 5.91 Å². The zero-order valence-corrected chi connectivity index (χ0v) is 10.5. The number of carbonyl (C=O) groups excluding carboxylic acids is 1. The van der Waals surface area contributed by atoms with Gasteiger partial charge in [0.05, 0.1) is 5.56 Å². The molecular weight excluding hydrogens is 228 g/mol. The number of aryl methyl sites for hydroxylation is 1. The van der Waals surface area contributed by atoms with Crippen molar-refractivity contribution in [3.05, 3.63) is 35.0 Å². The van der Waals surface area contributed by atoms with Gasteiger partial charge in [-0.2, -0.15) is 0 Å². The molecule has 1 amide bonds. The van der Waals surface area contributed by atoms with Crippen molar-refractivity contribution in [2.45, 2.75) is 13.3 Å². The van der Waals surface area contributed by atoms with Crippen molar-refractivity contribution in [3.63, 3.8) is 0 Å². The zero-order valence-electron chi connectivity index (χ0n) is 10.5. The van der Waals surface area contributed by atoms with E-state index in [0.29, 0.717) is 17.9 Å². The number of pyridine rings is 1. The number of rotatable bonds is 4. The van der Waals surface area contributed by atoms with Crippen molar-refractivity contribution in [3.8, 4) is 0 Å². The standard InChI is InChI=1S/C13H18N4O/c1-9-2-3-11(12(14)18)13(17-9)16-8-10-4-6-15-7-5-10/h2-4,15H,5-8H2,1H3,(H2,14,18)(H,16,17). The molecule has 0 unspecified atom stereocenters. The first kappa shape index (κ1) is 12.6. The van der Waals surface area contributed by atoms with Crippen LogP contribution < -0.4 is 16.4 Å². The molecule has 1 aliphatic rings. The lowest BCUT2D eigenvalue weighted by Gasteiger charge is -2.16. The van der Waals surface area contributed by atoms with Gasteiger partial charge in [0, 0.05) is 18.8 Å². The summed E-state index contributed by atoms with van der Waals surface area (Å²) in [5.74, 6) is 0.117. The lowest BCUT2D eigenvalue weighted by Crippen LogP contribution is -2.24. The van der Waals surface area contributed by atoms with Crippen LogP contribution in [0.1, 0.15) is 22.5 Å². The minimum atomic E-state index is -0.454. The second-order valence-corrected chi connectivity index (χ2v) is 4.38. The van der Waals surface area contributed by atoms with Crippen LogP contribution in [0, 0.1) is 6.92 Å².